The van der Waals surface area contributed by atoms with Gasteiger partial charge in [0.05, 0.1) is 0 Å². The number of aromatic nitrogens is 1. The van der Waals surface area contributed by atoms with E-state index in [9.17, 15) is 9.59 Å². The minimum Gasteiger partial charge on any atom is -0.452 e. The summed E-state index contributed by atoms with van der Waals surface area (Å²) >= 11 is 0. The lowest BCUT2D eigenvalue weighted by atomic mass is 10.00. The number of hydrogen-bond donors (Lipinski definition) is 0. The van der Waals surface area contributed by atoms with Gasteiger partial charge in [-0.15, -0.1) is 0 Å². The zero-order valence-corrected chi connectivity index (χ0v) is 14.9. The SMILES string of the molecule is CCC1CCCCN1C(=O)COC(=O)c1cccnc1N1CCCC1. The highest BCUT2D eigenvalue weighted by molar-refractivity contribution is 5.96. The van der Waals surface area contributed by atoms with Crippen molar-refractivity contribution >= 4 is 17.7 Å². The Balaban J connectivity index is 1.62. The largest absolute Gasteiger partial charge is 0.452 e. The van der Waals surface area contributed by atoms with Gasteiger partial charge in [-0.1, -0.05) is 6.92 Å². The summed E-state index contributed by atoms with van der Waals surface area (Å²) in [6.07, 6.45) is 8.08. The topological polar surface area (TPSA) is 62.7 Å². The van der Waals surface area contributed by atoms with Crippen LogP contribution in [0.1, 0.15) is 55.8 Å². The van der Waals surface area contributed by atoms with Crippen molar-refractivity contribution in [3.63, 3.8) is 0 Å². The lowest BCUT2D eigenvalue weighted by Gasteiger charge is -2.35. The molecule has 6 heteroatoms. The van der Waals surface area contributed by atoms with Crippen molar-refractivity contribution in [2.75, 3.05) is 31.1 Å². The molecule has 2 aliphatic rings. The summed E-state index contributed by atoms with van der Waals surface area (Å²) in [7, 11) is 0. The molecule has 0 radical (unpaired) electrons. The van der Waals surface area contributed by atoms with Crippen LogP contribution in [0.25, 0.3) is 0 Å². The van der Waals surface area contributed by atoms with E-state index < -0.39 is 5.97 Å². The molecule has 1 atom stereocenters. The van der Waals surface area contributed by atoms with Gasteiger partial charge in [0.15, 0.2) is 6.61 Å². The van der Waals surface area contributed by atoms with Crippen LogP contribution in [0.2, 0.25) is 0 Å². The summed E-state index contributed by atoms with van der Waals surface area (Å²) < 4.78 is 5.34. The molecule has 2 aliphatic heterocycles. The molecule has 136 valence electrons. The summed E-state index contributed by atoms with van der Waals surface area (Å²) in [5.41, 5.74) is 0.447. The number of hydrogen-bond acceptors (Lipinski definition) is 5. The minimum absolute atomic E-state index is 0.0912. The number of esters is 1. The average Bonchev–Trinajstić information content (AvgIpc) is 3.20. The smallest absolute Gasteiger partial charge is 0.342 e. The van der Waals surface area contributed by atoms with Crippen LogP contribution in [0.5, 0.6) is 0 Å². The summed E-state index contributed by atoms with van der Waals surface area (Å²) in [6, 6.07) is 3.73. The third-order valence-corrected chi connectivity index (χ3v) is 5.16. The molecule has 1 unspecified atom stereocenters. The van der Waals surface area contributed by atoms with Crippen LogP contribution < -0.4 is 4.90 Å². The summed E-state index contributed by atoms with van der Waals surface area (Å²) in [5.74, 6) is 0.113. The molecular formula is C19H27N3O3. The molecule has 0 saturated carbocycles. The van der Waals surface area contributed by atoms with E-state index in [4.69, 9.17) is 4.74 Å². The van der Waals surface area contributed by atoms with E-state index in [1.54, 1.807) is 18.3 Å². The lowest BCUT2D eigenvalue weighted by Crippen LogP contribution is -2.45. The fourth-order valence-electron chi connectivity index (χ4n) is 3.78. The molecule has 1 amide bonds. The van der Waals surface area contributed by atoms with Gasteiger partial charge in [0, 0.05) is 31.9 Å². The molecule has 3 rings (SSSR count). The molecule has 25 heavy (non-hydrogen) atoms. The maximum Gasteiger partial charge on any atom is 0.342 e. The van der Waals surface area contributed by atoms with Crippen molar-refractivity contribution in [1.82, 2.24) is 9.88 Å². The number of anilines is 1. The fourth-order valence-corrected chi connectivity index (χ4v) is 3.78. The normalized spacial score (nSPS) is 20.6. The zero-order chi connectivity index (χ0) is 17.6. The molecule has 3 heterocycles. The standard InChI is InChI=1S/C19H27N3O3/c1-2-15-8-3-4-13-22(15)17(23)14-25-19(24)16-9-7-10-20-18(16)21-11-5-6-12-21/h7,9-10,15H,2-6,8,11-14H2,1H3. The van der Waals surface area contributed by atoms with Crippen molar-refractivity contribution < 1.29 is 14.3 Å². The first-order valence-electron chi connectivity index (χ1n) is 9.37. The molecule has 0 aromatic carbocycles. The van der Waals surface area contributed by atoms with E-state index in [0.717, 1.165) is 58.2 Å². The van der Waals surface area contributed by atoms with E-state index in [1.807, 2.05) is 4.90 Å². The van der Waals surface area contributed by atoms with Crippen LogP contribution in [-0.4, -0.2) is 54.0 Å². The zero-order valence-electron chi connectivity index (χ0n) is 14.9. The number of carbonyl (C=O) groups excluding carboxylic acids is 2. The van der Waals surface area contributed by atoms with Crippen molar-refractivity contribution in [2.24, 2.45) is 0 Å². The fraction of sp³-hybridized carbons (Fsp3) is 0.632. The van der Waals surface area contributed by atoms with Gasteiger partial charge in [0.25, 0.3) is 5.91 Å². The van der Waals surface area contributed by atoms with Gasteiger partial charge in [-0.05, 0) is 50.7 Å². The van der Waals surface area contributed by atoms with E-state index in [0.29, 0.717) is 11.4 Å². The molecule has 1 aromatic rings. The minimum atomic E-state index is -0.464. The molecule has 0 aliphatic carbocycles. The monoisotopic (exact) mass is 345 g/mol. The summed E-state index contributed by atoms with van der Waals surface area (Å²) in [6.45, 7) is 4.48. The van der Waals surface area contributed by atoms with Crippen LogP contribution in [-0.2, 0) is 9.53 Å². The molecule has 0 bridgehead atoms. The maximum absolute atomic E-state index is 12.5. The summed E-state index contributed by atoms with van der Waals surface area (Å²) in [5, 5.41) is 0. The van der Waals surface area contributed by atoms with Gasteiger partial charge in [0.2, 0.25) is 0 Å². The van der Waals surface area contributed by atoms with E-state index in [2.05, 4.69) is 16.8 Å². The number of pyridine rings is 1. The Morgan fingerprint density at radius 3 is 2.72 bits per heavy atom. The second-order valence-electron chi connectivity index (χ2n) is 6.79. The number of likely N-dealkylation sites (tertiary alicyclic amines) is 1. The number of nitrogens with zero attached hydrogens (tertiary/aromatic N) is 3. The van der Waals surface area contributed by atoms with Crippen LogP contribution in [0.15, 0.2) is 18.3 Å². The Morgan fingerprint density at radius 2 is 1.96 bits per heavy atom. The van der Waals surface area contributed by atoms with Gasteiger partial charge in [-0.25, -0.2) is 9.78 Å². The van der Waals surface area contributed by atoms with Crippen LogP contribution in [0.3, 0.4) is 0 Å². The Morgan fingerprint density at radius 1 is 1.20 bits per heavy atom. The van der Waals surface area contributed by atoms with Gasteiger partial charge >= 0.3 is 5.97 Å². The van der Waals surface area contributed by atoms with Crippen molar-refractivity contribution in [2.45, 2.75) is 51.5 Å². The van der Waals surface area contributed by atoms with Gasteiger partial charge in [-0.3, -0.25) is 4.79 Å². The molecule has 2 saturated heterocycles. The average molecular weight is 345 g/mol. The maximum atomic E-state index is 12.5. The molecule has 0 N–H and O–H groups in total. The van der Waals surface area contributed by atoms with E-state index in [-0.39, 0.29) is 18.6 Å². The molecule has 6 nitrogen and oxygen atoms in total. The number of rotatable bonds is 5. The first kappa shape index (κ1) is 17.7. The highest BCUT2D eigenvalue weighted by atomic mass is 16.5. The van der Waals surface area contributed by atoms with Gasteiger partial charge in [-0.2, -0.15) is 0 Å². The number of piperidine rings is 1. The first-order chi connectivity index (χ1) is 12.2. The molecule has 1 aromatic heterocycles. The van der Waals surface area contributed by atoms with Crippen molar-refractivity contribution in [3.8, 4) is 0 Å². The first-order valence-corrected chi connectivity index (χ1v) is 9.37. The molecule has 0 spiro atoms. The highest BCUT2D eigenvalue weighted by Gasteiger charge is 2.27. The lowest BCUT2D eigenvalue weighted by molar-refractivity contribution is -0.138. The Bertz CT molecular complexity index is 614. The number of ether oxygens (including phenoxy) is 1. The second-order valence-corrected chi connectivity index (χ2v) is 6.79. The number of amides is 1. The van der Waals surface area contributed by atoms with E-state index >= 15 is 0 Å². The van der Waals surface area contributed by atoms with Crippen LogP contribution >= 0.6 is 0 Å². The predicted octanol–water partition coefficient (Wildman–Crippen LogP) is 2.63. The highest BCUT2D eigenvalue weighted by Crippen LogP contribution is 2.23. The second kappa shape index (κ2) is 8.32. The molecular weight excluding hydrogens is 318 g/mol. The predicted molar refractivity (Wildman–Crippen MR) is 95.6 cm³/mol. The van der Waals surface area contributed by atoms with Crippen LogP contribution in [0, 0.1) is 0 Å². The summed E-state index contributed by atoms with van der Waals surface area (Å²) in [4.78, 5) is 33.3. The molecule has 2 fully saturated rings. The Labute approximate surface area is 149 Å². The Kier molecular flexibility index (Phi) is 5.89. The quantitative estimate of drug-likeness (QED) is 0.768. The number of carbonyl (C=O) groups is 2. The third-order valence-electron chi connectivity index (χ3n) is 5.16. The van der Waals surface area contributed by atoms with Gasteiger partial charge < -0.3 is 14.5 Å². The van der Waals surface area contributed by atoms with Crippen molar-refractivity contribution in [3.05, 3.63) is 23.9 Å². The third kappa shape index (κ3) is 4.11. The van der Waals surface area contributed by atoms with Crippen LogP contribution in [0.4, 0.5) is 5.82 Å². The Hall–Kier alpha value is -2.11. The van der Waals surface area contributed by atoms with Crippen molar-refractivity contribution in [1.29, 1.82) is 0 Å². The van der Waals surface area contributed by atoms with Gasteiger partial charge in [0.1, 0.15) is 11.4 Å². The van der Waals surface area contributed by atoms with E-state index in [1.165, 1.54) is 0 Å².